The number of carbonyl (C=O) groups excluding carboxylic acids is 1. The van der Waals surface area contributed by atoms with E-state index in [9.17, 15) is 4.79 Å². The zero-order valence-corrected chi connectivity index (χ0v) is 18.1. The lowest BCUT2D eigenvalue weighted by atomic mass is 9.97. The molecule has 1 aliphatic heterocycles. The van der Waals surface area contributed by atoms with Gasteiger partial charge in [0.2, 0.25) is 5.75 Å². The summed E-state index contributed by atoms with van der Waals surface area (Å²) >= 11 is 0. The van der Waals surface area contributed by atoms with Gasteiger partial charge < -0.3 is 23.8 Å². The highest BCUT2D eigenvalue weighted by molar-refractivity contribution is 5.91. The minimum Gasteiger partial charge on any atom is -0.493 e. The zero-order valence-electron chi connectivity index (χ0n) is 18.1. The molecule has 1 saturated heterocycles. The smallest absolute Gasteiger partial charge is 0.338 e. The third-order valence-corrected chi connectivity index (χ3v) is 5.62. The fourth-order valence-corrected chi connectivity index (χ4v) is 3.78. The number of carbonyl (C=O) groups is 1. The van der Waals surface area contributed by atoms with Crippen LogP contribution in [-0.2, 0) is 11.2 Å². The maximum absolute atomic E-state index is 12.6. The van der Waals surface area contributed by atoms with Crippen LogP contribution in [0.25, 0.3) is 0 Å². The van der Waals surface area contributed by atoms with Gasteiger partial charge in [-0.25, -0.2) is 4.79 Å². The van der Waals surface area contributed by atoms with Crippen molar-refractivity contribution in [3.63, 3.8) is 0 Å². The van der Waals surface area contributed by atoms with E-state index in [1.165, 1.54) is 26.9 Å². The highest BCUT2D eigenvalue weighted by Crippen LogP contribution is 2.38. The Labute approximate surface area is 178 Å². The Hall–Kier alpha value is -2.73. The Bertz CT molecular complexity index is 791. The molecular formula is C24H31NO5. The molecule has 1 heterocycles. The van der Waals surface area contributed by atoms with Crippen molar-refractivity contribution in [3.8, 4) is 17.2 Å². The molecule has 6 heteroatoms. The van der Waals surface area contributed by atoms with Gasteiger partial charge in [0, 0.05) is 6.54 Å². The summed E-state index contributed by atoms with van der Waals surface area (Å²) < 4.78 is 21.5. The van der Waals surface area contributed by atoms with E-state index in [1.54, 1.807) is 12.1 Å². The van der Waals surface area contributed by atoms with Crippen LogP contribution in [0.4, 0.5) is 0 Å². The fourth-order valence-electron chi connectivity index (χ4n) is 3.78. The number of rotatable bonds is 9. The predicted octanol–water partition coefficient (Wildman–Crippen LogP) is 3.82. The number of ether oxygens (including phenoxy) is 4. The van der Waals surface area contributed by atoms with Crippen LogP contribution in [0.5, 0.6) is 17.2 Å². The van der Waals surface area contributed by atoms with Crippen LogP contribution in [0.3, 0.4) is 0 Å². The van der Waals surface area contributed by atoms with Crippen LogP contribution >= 0.6 is 0 Å². The Morgan fingerprint density at radius 1 is 0.967 bits per heavy atom. The van der Waals surface area contributed by atoms with Gasteiger partial charge in [-0.05, 0) is 56.0 Å². The molecule has 0 N–H and O–H groups in total. The predicted molar refractivity (Wildman–Crippen MR) is 116 cm³/mol. The molecule has 0 aliphatic carbocycles. The topological polar surface area (TPSA) is 57.2 Å². The van der Waals surface area contributed by atoms with Crippen molar-refractivity contribution >= 4 is 5.97 Å². The number of esters is 1. The van der Waals surface area contributed by atoms with Gasteiger partial charge in [0.05, 0.1) is 33.5 Å². The fraction of sp³-hybridized carbons (Fsp3) is 0.458. The number of methoxy groups -OCH3 is 3. The van der Waals surface area contributed by atoms with E-state index in [4.69, 9.17) is 18.9 Å². The van der Waals surface area contributed by atoms with E-state index in [0.29, 0.717) is 35.3 Å². The Morgan fingerprint density at radius 3 is 2.17 bits per heavy atom. The molecule has 6 nitrogen and oxygen atoms in total. The largest absolute Gasteiger partial charge is 0.493 e. The summed E-state index contributed by atoms with van der Waals surface area (Å²) in [5.74, 6) is 1.36. The number of hydrogen-bond acceptors (Lipinski definition) is 6. The van der Waals surface area contributed by atoms with Gasteiger partial charge in [-0.15, -0.1) is 0 Å². The average Bonchev–Trinajstić information content (AvgIpc) is 2.81. The SMILES string of the molecule is COc1cc(C(=O)OCC2CCN(CCc3ccccc3)CC2)cc(OC)c1OC. The second kappa shape index (κ2) is 10.9. The highest BCUT2D eigenvalue weighted by atomic mass is 16.5. The minimum atomic E-state index is -0.374. The van der Waals surface area contributed by atoms with Gasteiger partial charge in [0.1, 0.15) is 0 Å². The van der Waals surface area contributed by atoms with Gasteiger partial charge in [-0.1, -0.05) is 30.3 Å². The van der Waals surface area contributed by atoms with Gasteiger partial charge in [-0.3, -0.25) is 0 Å². The van der Waals surface area contributed by atoms with Gasteiger partial charge in [0.15, 0.2) is 11.5 Å². The summed E-state index contributed by atoms with van der Waals surface area (Å²) in [6, 6.07) is 13.8. The van der Waals surface area contributed by atoms with Crippen molar-refractivity contribution in [3.05, 3.63) is 53.6 Å². The van der Waals surface area contributed by atoms with Crippen LogP contribution in [0.15, 0.2) is 42.5 Å². The third kappa shape index (κ3) is 5.66. The second-order valence-corrected chi connectivity index (χ2v) is 7.53. The Morgan fingerprint density at radius 2 is 1.60 bits per heavy atom. The van der Waals surface area contributed by atoms with Crippen LogP contribution in [0.2, 0.25) is 0 Å². The lowest BCUT2D eigenvalue weighted by Gasteiger charge is -2.31. The van der Waals surface area contributed by atoms with Crippen LogP contribution in [-0.4, -0.2) is 58.4 Å². The minimum absolute atomic E-state index is 0.374. The maximum atomic E-state index is 12.6. The van der Waals surface area contributed by atoms with Gasteiger partial charge in [-0.2, -0.15) is 0 Å². The molecule has 0 unspecified atom stereocenters. The quantitative estimate of drug-likeness (QED) is 0.583. The molecule has 2 aromatic carbocycles. The van der Waals surface area contributed by atoms with Crippen molar-refractivity contribution in [1.82, 2.24) is 4.90 Å². The summed E-state index contributed by atoms with van der Waals surface area (Å²) in [6.07, 6.45) is 3.15. The zero-order chi connectivity index (χ0) is 21.3. The normalized spacial score (nSPS) is 14.9. The molecule has 0 amide bonds. The Kier molecular flexibility index (Phi) is 7.97. The Balaban J connectivity index is 1.47. The summed E-state index contributed by atoms with van der Waals surface area (Å²) in [5.41, 5.74) is 1.77. The third-order valence-electron chi connectivity index (χ3n) is 5.62. The van der Waals surface area contributed by atoms with E-state index < -0.39 is 0 Å². The lowest BCUT2D eigenvalue weighted by Crippen LogP contribution is -2.36. The molecule has 0 atom stereocenters. The highest BCUT2D eigenvalue weighted by Gasteiger charge is 2.22. The van der Waals surface area contributed by atoms with Crippen molar-refractivity contribution in [2.45, 2.75) is 19.3 Å². The molecule has 1 aliphatic rings. The summed E-state index contributed by atoms with van der Waals surface area (Å²) in [6.45, 7) is 3.59. The molecule has 0 spiro atoms. The molecule has 0 radical (unpaired) electrons. The van der Waals surface area contributed by atoms with E-state index in [0.717, 1.165) is 38.9 Å². The number of piperidine rings is 1. The molecule has 0 saturated carbocycles. The van der Waals surface area contributed by atoms with E-state index in [1.807, 2.05) is 6.07 Å². The number of benzene rings is 2. The van der Waals surface area contributed by atoms with Crippen molar-refractivity contribution in [2.75, 3.05) is 47.6 Å². The number of nitrogens with zero attached hydrogens (tertiary/aromatic N) is 1. The maximum Gasteiger partial charge on any atom is 0.338 e. The standard InChI is InChI=1S/C24H31NO5/c1-27-21-15-20(16-22(28-2)23(21)29-3)24(26)30-17-19-10-13-25(14-11-19)12-9-18-7-5-4-6-8-18/h4-8,15-16,19H,9-14,17H2,1-3H3. The first kappa shape index (κ1) is 22.0. The summed E-state index contributed by atoms with van der Waals surface area (Å²) in [5, 5.41) is 0. The first-order valence-corrected chi connectivity index (χ1v) is 10.4. The van der Waals surface area contributed by atoms with Crippen LogP contribution in [0, 0.1) is 5.92 Å². The molecular weight excluding hydrogens is 382 g/mol. The van der Waals surface area contributed by atoms with Crippen molar-refractivity contribution in [2.24, 2.45) is 5.92 Å². The summed E-state index contributed by atoms with van der Waals surface area (Å²) in [7, 11) is 4.58. The van der Waals surface area contributed by atoms with Gasteiger partial charge in [0.25, 0.3) is 0 Å². The first-order valence-electron chi connectivity index (χ1n) is 10.4. The van der Waals surface area contributed by atoms with Crippen LogP contribution in [0.1, 0.15) is 28.8 Å². The lowest BCUT2D eigenvalue weighted by molar-refractivity contribution is 0.0372. The molecule has 3 rings (SSSR count). The second-order valence-electron chi connectivity index (χ2n) is 7.53. The number of hydrogen-bond donors (Lipinski definition) is 0. The molecule has 162 valence electrons. The van der Waals surface area contributed by atoms with Crippen molar-refractivity contribution < 1.29 is 23.7 Å². The molecule has 0 bridgehead atoms. The molecule has 0 aromatic heterocycles. The first-order chi connectivity index (χ1) is 14.6. The monoisotopic (exact) mass is 413 g/mol. The van der Waals surface area contributed by atoms with E-state index in [2.05, 4.69) is 29.2 Å². The molecule has 30 heavy (non-hydrogen) atoms. The summed E-state index contributed by atoms with van der Waals surface area (Å²) in [4.78, 5) is 15.1. The van der Waals surface area contributed by atoms with Gasteiger partial charge >= 0.3 is 5.97 Å². The average molecular weight is 414 g/mol. The number of likely N-dealkylation sites (tertiary alicyclic amines) is 1. The van der Waals surface area contributed by atoms with Crippen molar-refractivity contribution in [1.29, 1.82) is 0 Å². The molecule has 1 fully saturated rings. The van der Waals surface area contributed by atoms with Crippen LogP contribution < -0.4 is 14.2 Å². The molecule has 2 aromatic rings. The van der Waals surface area contributed by atoms with E-state index in [-0.39, 0.29) is 5.97 Å². The van der Waals surface area contributed by atoms with E-state index >= 15 is 0 Å².